The molecule has 2 heteroatoms. The number of anilines is 3. The summed E-state index contributed by atoms with van der Waals surface area (Å²) in [5.41, 5.74) is 13.0. The van der Waals surface area contributed by atoms with Gasteiger partial charge in [-0.15, -0.1) is 11.3 Å². The van der Waals surface area contributed by atoms with E-state index in [2.05, 4.69) is 217 Å². The Labute approximate surface area is 319 Å². The zero-order chi connectivity index (χ0) is 35.8. The molecule has 0 radical (unpaired) electrons. The first-order chi connectivity index (χ1) is 26.8. The van der Waals surface area contributed by atoms with Gasteiger partial charge in [0.15, 0.2) is 0 Å². The second kappa shape index (κ2) is 13.7. The molecule has 0 amide bonds. The fourth-order valence-electron chi connectivity index (χ4n) is 8.02. The van der Waals surface area contributed by atoms with Gasteiger partial charge < -0.3 is 4.90 Å². The maximum absolute atomic E-state index is 2.49. The molecule has 0 bridgehead atoms. The molecule has 1 nitrogen and oxygen atoms in total. The van der Waals surface area contributed by atoms with Gasteiger partial charge in [-0.25, -0.2) is 0 Å². The van der Waals surface area contributed by atoms with Crippen LogP contribution in [0.5, 0.6) is 0 Å². The van der Waals surface area contributed by atoms with Crippen LogP contribution in [0.2, 0.25) is 0 Å². The van der Waals surface area contributed by atoms with E-state index in [1.807, 2.05) is 11.3 Å². The fraction of sp³-hybridized carbons (Fsp3) is 0. The van der Waals surface area contributed by atoms with E-state index in [4.69, 9.17) is 0 Å². The minimum atomic E-state index is 1.11. The van der Waals surface area contributed by atoms with E-state index in [-0.39, 0.29) is 0 Å². The third kappa shape index (κ3) is 5.56. The Morgan fingerprint density at radius 3 is 1.54 bits per heavy atom. The molecule has 1 heterocycles. The summed E-state index contributed by atoms with van der Waals surface area (Å²) in [7, 11) is 0. The van der Waals surface area contributed by atoms with Crippen LogP contribution in [0.3, 0.4) is 0 Å². The Morgan fingerprint density at radius 2 is 0.796 bits per heavy atom. The van der Waals surface area contributed by atoms with Crippen molar-refractivity contribution >= 4 is 59.3 Å². The molecule has 0 aliphatic rings. The van der Waals surface area contributed by atoms with Crippen LogP contribution in [0.4, 0.5) is 17.1 Å². The number of hydrogen-bond acceptors (Lipinski definition) is 2. The summed E-state index contributed by atoms with van der Waals surface area (Å²) in [5.74, 6) is 0. The summed E-state index contributed by atoms with van der Waals surface area (Å²) in [5, 5.41) is 5.04. The van der Waals surface area contributed by atoms with Crippen molar-refractivity contribution in [2.45, 2.75) is 0 Å². The smallest absolute Gasteiger partial charge is 0.0640 e. The van der Waals surface area contributed by atoms with Gasteiger partial charge in [-0.2, -0.15) is 0 Å². The summed E-state index contributed by atoms with van der Waals surface area (Å²) in [4.78, 5) is 2.49. The molecule has 0 unspecified atom stereocenters. The molecule has 1 aromatic heterocycles. The second-order valence-electron chi connectivity index (χ2n) is 13.6. The SMILES string of the molecule is c1ccc(-c2ccc(N(c3ccccc3-c3cccc4c(-c5ccccc5)cccc34)c3cccc4c3sc3ccccc34)cc2-c2ccccc2)cc1. The van der Waals surface area contributed by atoms with Crippen LogP contribution < -0.4 is 4.90 Å². The van der Waals surface area contributed by atoms with Gasteiger partial charge in [-0.3, -0.25) is 0 Å². The Morgan fingerprint density at radius 1 is 0.296 bits per heavy atom. The van der Waals surface area contributed by atoms with Gasteiger partial charge >= 0.3 is 0 Å². The highest BCUT2D eigenvalue weighted by molar-refractivity contribution is 7.26. The number of thiophene rings is 1. The van der Waals surface area contributed by atoms with Crippen molar-refractivity contribution in [3.05, 3.63) is 212 Å². The maximum Gasteiger partial charge on any atom is 0.0640 e. The number of benzene rings is 9. The number of fused-ring (bicyclic) bond motifs is 4. The first-order valence-corrected chi connectivity index (χ1v) is 19.3. The average Bonchev–Trinajstić information content (AvgIpc) is 3.64. The summed E-state index contributed by atoms with van der Waals surface area (Å²) in [6, 6.07) is 77.2. The largest absolute Gasteiger partial charge is 0.308 e. The maximum atomic E-state index is 2.49. The minimum absolute atomic E-state index is 1.11. The van der Waals surface area contributed by atoms with Crippen molar-refractivity contribution in [3.8, 4) is 44.5 Å². The molecule has 254 valence electrons. The quantitative estimate of drug-likeness (QED) is 0.160. The van der Waals surface area contributed by atoms with E-state index in [1.165, 1.54) is 75.5 Å². The van der Waals surface area contributed by atoms with Crippen LogP contribution in [-0.2, 0) is 0 Å². The molecular formula is C52H35NS. The van der Waals surface area contributed by atoms with Gasteiger partial charge in [-0.05, 0) is 80.0 Å². The van der Waals surface area contributed by atoms with Crippen molar-refractivity contribution in [3.63, 3.8) is 0 Å². The number of hydrogen-bond donors (Lipinski definition) is 0. The zero-order valence-corrected chi connectivity index (χ0v) is 30.4. The Kier molecular flexibility index (Phi) is 8.09. The Hall–Kier alpha value is -6.74. The highest BCUT2D eigenvalue weighted by Crippen LogP contribution is 2.49. The first-order valence-electron chi connectivity index (χ1n) is 18.4. The van der Waals surface area contributed by atoms with Gasteiger partial charge in [0.1, 0.15) is 0 Å². The Bertz CT molecular complexity index is 2930. The van der Waals surface area contributed by atoms with Crippen molar-refractivity contribution in [1.82, 2.24) is 0 Å². The van der Waals surface area contributed by atoms with Gasteiger partial charge in [0.2, 0.25) is 0 Å². The normalized spacial score (nSPS) is 11.3. The lowest BCUT2D eigenvalue weighted by Crippen LogP contribution is -2.12. The average molecular weight is 706 g/mol. The number of rotatable bonds is 7. The molecule has 10 aromatic rings. The molecule has 9 aromatic carbocycles. The number of nitrogens with zero attached hydrogens (tertiary/aromatic N) is 1. The van der Waals surface area contributed by atoms with Crippen molar-refractivity contribution in [2.24, 2.45) is 0 Å². The summed E-state index contributed by atoms with van der Waals surface area (Å²) in [6.07, 6.45) is 0. The van der Waals surface area contributed by atoms with Crippen LogP contribution in [0.1, 0.15) is 0 Å². The molecule has 0 N–H and O–H groups in total. The van der Waals surface area contributed by atoms with Crippen LogP contribution in [0, 0.1) is 0 Å². The molecule has 0 spiro atoms. The lowest BCUT2D eigenvalue weighted by molar-refractivity contribution is 1.30. The van der Waals surface area contributed by atoms with E-state index < -0.39 is 0 Å². The standard InChI is InChI=1S/C52H35NS/c1-4-17-36(18-5-1)40-25-14-27-43-42(40)26-15-28-44(43)45-23-10-12-30-49(45)53(50-31-16-29-47-46-24-11-13-32-51(46)54-52(47)50)39-33-34-41(37-19-6-2-7-20-37)48(35-39)38-21-8-3-9-22-38/h1-35H. The molecule has 0 aliphatic carbocycles. The van der Waals surface area contributed by atoms with Crippen LogP contribution in [-0.4, -0.2) is 0 Å². The molecule has 54 heavy (non-hydrogen) atoms. The van der Waals surface area contributed by atoms with Crippen molar-refractivity contribution < 1.29 is 0 Å². The monoisotopic (exact) mass is 705 g/mol. The lowest BCUT2D eigenvalue weighted by Gasteiger charge is -2.29. The van der Waals surface area contributed by atoms with E-state index >= 15 is 0 Å². The van der Waals surface area contributed by atoms with Gasteiger partial charge in [-0.1, -0.05) is 182 Å². The number of para-hydroxylation sites is 1. The van der Waals surface area contributed by atoms with Gasteiger partial charge in [0.05, 0.1) is 16.1 Å². The third-order valence-electron chi connectivity index (χ3n) is 10.5. The van der Waals surface area contributed by atoms with Crippen LogP contribution in [0.15, 0.2) is 212 Å². The van der Waals surface area contributed by atoms with E-state index in [1.54, 1.807) is 0 Å². The zero-order valence-electron chi connectivity index (χ0n) is 29.6. The van der Waals surface area contributed by atoms with E-state index in [0.717, 1.165) is 17.1 Å². The minimum Gasteiger partial charge on any atom is -0.308 e. The molecule has 0 atom stereocenters. The van der Waals surface area contributed by atoms with Crippen LogP contribution in [0.25, 0.3) is 75.5 Å². The molecule has 0 saturated heterocycles. The first kappa shape index (κ1) is 32.0. The summed E-state index contributed by atoms with van der Waals surface area (Å²) >= 11 is 1.87. The van der Waals surface area contributed by atoms with E-state index in [0.29, 0.717) is 0 Å². The second-order valence-corrected chi connectivity index (χ2v) is 14.7. The molecular weight excluding hydrogens is 671 g/mol. The van der Waals surface area contributed by atoms with Crippen LogP contribution >= 0.6 is 11.3 Å². The van der Waals surface area contributed by atoms with Crippen molar-refractivity contribution in [2.75, 3.05) is 4.90 Å². The highest BCUT2D eigenvalue weighted by Gasteiger charge is 2.23. The fourth-order valence-corrected chi connectivity index (χ4v) is 9.23. The molecule has 0 fully saturated rings. The topological polar surface area (TPSA) is 3.24 Å². The predicted molar refractivity (Wildman–Crippen MR) is 233 cm³/mol. The van der Waals surface area contributed by atoms with E-state index in [9.17, 15) is 0 Å². The molecule has 0 saturated carbocycles. The van der Waals surface area contributed by atoms with Gasteiger partial charge in [0, 0.05) is 26.7 Å². The molecule has 10 rings (SSSR count). The molecule has 0 aliphatic heterocycles. The lowest BCUT2D eigenvalue weighted by atomic mass is 9.91. The third-order valence-corrected chi connectivity index (χ3v) is 11.7. The Balaban J connectivity index is 1.25. The predicted octanol–water partition coefficient (Wildman–Crippen LogP) is 15.3. The highest BCUT2D eigenvalue weighted by atomic mass is 32.1. The summed E-state index contributed by atoms with van der Waals surface area (Å²) in [6.45, 7) is 0. The van der Waals surface area contributed by atoms with Crippen molar-refractivity contribution in [1.29, 1.82) is 0 Å². The van der Waals surface area contributed by atoms with Gasteiger partial charge in [0.25, 0.3) is 0 Å². The summed E-state index contributed by atoms with van der Waals surface area (Å²) < 4.78 is 2.56.